The highest BCUT2D eigenvalue weighted by atomic mass is 79.9. The van der Waals surface area contributed by atoms with E-state index in [1.165, 1.54) is 11.3 Å². The predicted molar refractivity (Wildman–Crippen MR) is 134 cm³/mol. The fraction of sp³-hybridized carbons (Fsp3) is 0.200. The minimum atomic E-state index is -0.212. The summed E-state index contributed by atoms with van der Waals surface area (Å²) >= 11 is 5.11. The van der Waals surface area contributed by atoms with Gasteiger partial charge >= 0.3 is 0 Å². The van der Waals surface area contributed by atoms with Gasteiger partial charge in [-0.2, -0.15) is 11.3 Å². The van der Waals surface area contributed by atoms with E-state index in [4.69, 9.17) is 14.2 Å². The number of thiophene rings is 1. The van der Waals surface area contributed by atoms with Gasteiger partial charge in [0.05, 0.1) is 22.8 Å². The number of hydrogen-bond acceptors (Lipinski definition) is 7. The molecule has 0 bridgehead atoms. The molecular weight excluding hydrogens is 520 g/mol. The summed E-state index contributed by atoms with van der Waals surface area (Å²) in [4.78, 5) is 28.0. The lowest BCUT2D eigenvalue weighted by atomic mass is 10.0. The van der Waals surface area contributed by atoms with Crippen molar-refractivity contribution in [1.29, 1.82) is 0 Å². The molecule has 0 unspecified atom stereocenters. The molecule has 0 radical (unpaired) electrons. The van der Waals surface area contributed by atoms with E-state index < -0.39 is 0 Å². The average Bonchev–Trinajstić information content (AvgIpc) is 3.52. The molecule has 1 N–H and O–H groups in total. The number of ketones is 1. The number of carbonyl (C=O) groups is 2. The summed E-state index contributed by atoms with van der Waals surface area (Å²) in [5.74, 6) is 1.33. The van der Waals surface area contributed by atoms with Gasteiger partial charge in [0.15, 0.2) is 11.5 Å². The van der Waals surface area contributed by atoms with Gasteiger partial charge in [0, 0.05) is 35.8 Å². The van der Waals surface area contributed by atoms with Crippen molar-refractivity contribution in [2.24, 2.45) is 0 Å². The summed E-state index contributed by atoms with van der Waals surface area (Å²) in [5, 5.41) is 6.49. The lowest BCUT2D eigenvalue weighted by Gasteiger charge is -2.20. The number of benzene rings is 2. The maximum atomic E-state index is 13.6. The molecule has 2 aliphatic rings. The van der Waals surface area contributed by atoms with Crippen LogP contribution in [0.15, 0.2) is 51.3 Å². The number of allylic oxidation sites excluding steroid dienone is 1. The second-order valence-corrected chi connectivity index (χ2v) is 9.45. The molecule has 0 saturated heterocycles. The summed E-state index contributed by atoms with van der Waals surface area (Å²) < 4.78 is 17.8. The number of nitrogens with zero attached hydrogens (tertiary/aromatic N) is 1. The molecule has 34 heavy (non-hydrogen) atoms. The highest BCUT2D eigenvalue weighted by molar-refractivity contribution is 9.10. The molecule has 0 saturated carbocycles. The number of rotatable bonds is 5. The monoisotopic (exact) mass is 540 g/mol. The molecule has 0 spiro atoms. The molecule has 3 heterocycles. The van der Waals surface area contributed by atoms with E-state index in [1.807, 2.05) is 23.4 Å². The molecule has 5 rings (SSSR count). The minimum absolute atomic E-state index is 0.118. The number of nitrogens with one attached hydrogen (secondary N) is 1. The highest BCUT2D eigenvalue weighted by Gasteiger charge is 2.31. The van der Waals surface area contributed by atoms with Crippen molar-refractivity contribution in [1.82, 2.24) is 4.90 Å². The number of anilines is 1. The van der Waals surface area contributed by atoms with Gasteiger partial charge in [-0.15, -0.1) is 0 Å². The number of methoxy groups -OCH3 is 1. The van der Waals surface area contributed by atoms with Crippen molar-refractivity contribution in [3.63, 3.8) is 0 Å². The molecule has 174 valence electrons. The summed E-state index contributed by atoms with van der Waals surface area (Å²) in [6.45, 7) is 0.743. The molecule has 0 aliphatic carbocycles. The van der Waals surface area contributed by atoms with Crippen LogP contribution < -0.4 is 19.5 Å². The van der Waals surface area contributed by atoms with Gasteiger partial charge in [0.2, 0.25) is 18.3 Å². The van der Waals surface area contributed by atoms with E-state index >= 15 is 0 Å². The molecule has 0 fully saturated rings. The van der Waals surface area contributed by atoms with Crippen LogP contribution in [0.4, 0.5) is 5.69 Å². The Morgan fingerprint density at radius 2 is 2.00 bits per heavy atom. The molecule has 2 aliphatic heterocycles. The number of carbonyl (C=O) groups excluding carboxylic acids is 2. The SMILES string of the molecule is COc1c2c(c(Br)c3c1OCO3)CCN(C)C(C(=O)c1cccc(NC(=O)c3ccsc3)c1)=C2. The first kappa shape index (κ1) is 22.5. The number of fused-ring (bicyclic) bond motifs is 2. The van der Waals surface area contributed by atoms with Crippen LogP contribution in [0.25, 0.3) is 6.08 Å². The third kappa shape index (κ3) is 3.95. The second kappa shape index (κ2) is 9.15. The predicted octanol–water partition coefficient (Wildman–Crippen LogP) is 5.21. The second-order valence-electron chi connectivity index (χ2n) is 7.88. The lowest BCUT2D eigenvalue weighted by molar-refractivity contribution is 0.0997. The molecule has 0 atom stereocenters. The Labute approximate surface area is 209 Å². The first-order valence-corrected chi connectivity index (χ1v) is 12.3. The Bertz CT molecular complexity index is 1320. The molecule has 1 amide bonds. The first-order valence-electron chi connectivity index (χ1n) is 10.6. The standard InChI is InChI=1S/C25H21BrN2O5S/c1-28-8-6-17-18(22(31-2)24-23(20(17)26)32-13-33-24)11-19(28)21(29)14-4-3-5-16(10-14)27-25(30)15-7-9-34-12-15/h3-5,7,9-12H,6,8,13H2,1-2H3,(H,27,30). The van der Waals surface area contributed by atoms with Gasteiger partial charge in [0.25, 0.3) is 5.91 Å². The molecular formula is C25H21BrN2O5S. The van der Waals surface area contributed by atoms with Gasteiger partial charge in [-0.05, 0) is 57.6 Å². The van der Waals surface area contributed by atoms with Gasteiger partial charge < -0.3 is 24.4 Å². The lowest BCUT2D eigenvalue weighted by Crippen LogP contribution is -2.24. The van der Waals surface area contributed by atoms with E-state index in [-0.39, 0.29) is 18.5 Å². The summed E-state index contributed by atoms with van der Waals surface area (Å²) in [6, 6.07) is 8.73. The van der Waals surface area contributed by atoms with Crippen molar-refractivity contribution in [2.75, 3.05) is 32.8 Å². The summed E-state index contributed by atoms with van der Waals surface area (Å²) in [7, 11) is 3.47. The number of ether oxygens (including phenoxy) is 3. The Morgan fingerprint density at radius 3 is 2.76 bits per heavy atom. The largest absolute Gasteiger partial charge is 0.492 e. The number of hydrogen-bond donors (Lipinski definition) is 1. The first-order chi connectivity index (χ1) is 16.5. The Kier molecular flexibility index (Phi) is 6.05. The van der Waals surface area contributed by atoms with Crippen LogP contribution in [0.2, 0.25) is 0 Å². The normalized spacial score (nSPS) is 14.2. The van der Waals surface area contributed by atoms with E-state index in [9.17, 15) is 9.59 Å². The van der Waals surface area contributed by atoms with E-state index in [0.29, 0.717) is 52.7 Å². The van der Waals surface area contributed by atoms with E-state index in [0.717, 1.165) is 15.6 Å². The third-order valence-electron chi connectivity index (χ3n) is 5.85. The zero-order valence-corrected chi connectivity index (χ0v) is 20.9. The van der Waals surface area contributed by atoms with Gasteiger partial charge in [-0.1, -0.05) is 12.1 Å². The summed E-state index contributed by atoms with van der Waals surface area (Å²) in [6.07, 6.45) is 2.52. The fourth-order valence-electron chi connectivity index (χ4n) is 4.09. The van der Waals surface area contributed by atoms with Crippen molar-refractivity contribution < 1.29 is 23.8 Å². The van der Waals surface area contributed by atoms with Crippen molar-refractivity contribution >= 4 is 50.7 Å². The molecule has 1 aromatic heterocycles. The van der Waals surface area contributed by atoms with E-state index in [1.54, 1.807) is 42.8 Å². The number of amides is 1. The number of Topliss-reactive ketones (excluding diaryl/α,β-unsaturated/α-hetero) is 1. The maximum Gasteiger partial charge on any atom is 0.256 e. The fourth-order valence-corrected chi connectivity index (χ4v) is 5.44. The minimum Gasteiger partial charge on any atom is -0.492 e. The van der Waals surface area contributed by atoms with Crippen molar-refractivity contribution in [3.8, 4) is 17.2 Å². The van der Waals surface area contributed by atoms with Crippen LogP contribution in [0.5, 0.6) is 17.2 Å². The van der Waals surface area contributed by atoms with Gasteiger partial charge in [0.1, 0.15) is 0 Å². The van der Waals surface area contributed by atoms with Crippen molar-refractivity contribution in [3.05, 3.63) is 73.5 Å². The maximum absolute atomic E-state index is 13.6. The Morgan fingerprint density at radius 1 is 1.18 bits per heavy atom. The quantitative estimate of drug-likeness (QED) is 0.447. The van der Waals surface area contributed by atoms with Crippen LogP contribution in [0.1, 0.15) is 31.8 Å². The van der Waals surface area contributed by atoms with Crippen LogP contribution in [0.3, 0.4) is 0 Å². The van der Waals surface area contributed by atoms with Crippen LogP contribution in [-0.4, -0.2) is 44.1 Å². The zero-order chi connectivity index (χ0) is 23.8. The van der Waals surface area contributed by atoms with Gasteiger partial charge in [-0.3, -0.25) is 9.59 Å². The van der Waals surface area contributed by atoms with Crippen molar-refractivity contribution in [2.45, 2.75) is 6.42 Å². The zero-order valence-electron chi connectivity index (χ0n) is 18.5. The molecule has 7 nitrogen and oxygen atoms in total. The number of likely N-dealkylation sites (N-methyl/N-ethyl adjacent to an activating group) is 1. The highest BCUT2D eigenvalue weighted by Crippen LogP contribution is 2.51. The molecule has 2 aromatic carbocycles. The third-order valence-corrected chi connectivity index (χ3v) is 7.37. The molecule has 9 heteroatoms. The van der Waals surface area contributed by atoms with E-state index in [2.05, 4.69) is 21.2 Å². The topological polar surface area (TPSA) is 77.1 Å². The molecule has 3 aromatic rings. The van der Waals surface area contributed by atoms with Crippen LogP contribution in [0, 0.1) is 0 Å². The average molecular weight is 541 g/mol. The van der Waals surface area contributed by atoms with Crippen LogP contribution in [-0.2, 0) is 6.42 Å². The Hall–Kier alpha value is -3.30. The number of halogens is 1. The smallest absolute Gasteiger partial charge is 0.256 e. The summed E-state index contributed by atoms with van der Waals surface area (Å²) in [5.41, 5.74) is 3.91. The van der Waals surface area contributed by atoms with Crippen LogP contribution >= 0.6 is 27.3 Å². The van der Waals surface area contributed by atoms with Gasteiger partial charge in [-0.25, -0.2) is 0 Å². The Balaban J connectivity index is 1.52.